The number of morpholine rings is 1. The summed E-state index contributed by atoms with van der Waals surface area (Å²) >= 11 is 1.80. The van der Waals surface area contributed by atoms with E-state index in [9.17, 15) is 4.79 Å². The zero-order chi connectivity index (χ0) is 13.9. The van der Waals surface area contributed by atoms with Gasteiger partial charge in [-0.2, -0.15) is 0 Å². The summed E-state index contributed by atoms with van der Waals surface area (Å²) in [6.45, 7) is 5.76. The van der Waals surface area contributed by atoms with E-state index in [1.165, 1.54) is 17.7 Å². The van der Waals surface area contributed by atoms with E-state index in [4.69, 9.17) is 4.74 Å². The molecule has 0 aromatic carbocycles. The van der Waals surface area contributed by atoms with E-state index < -0.39 is 0 Å². The van der Waals surface area contributed by atoms with Gasteiger partial charge in [-0.25, -0.2) is 0 Å². The minimum absolute atomic E-state index is 0.166. The molecule has 20 heavy (non-hydrogen) atoms. The smallest absolute Gasteiger partial charge is 0.236 e. The van der Waals surface area contributed by atoms with Crippen molar-refractivity contribution in [3.05, 3.63) is 22.4 Å². The molecule has 2 aliphatic heterocycles. The second-order valence-corrected chi connectivity index (χ2v) is 6.64. The molecule has 0 aliphatic carbocycles. The Kier molecular flexibility index (Phi) is 4.38. The van der Waals surface area contributed by atoms with Gasteiger partial charge in [0.15, 0.2) is 0 Å². The van der Waals surface area contributed by atoms with Gasteiger partial charge in [0.25, 0.3) is 0 Å². The molecule has 3 rings (SSSR count). The molecule has 5 heteroatoms. The fourth-order valence-electron chi connectivity index (χ4n) is 3.14. The second kappa shape index (κ2) is 6.24. The summed E-state index contributed by atoms with van der Waals surface area (Å²) in [6.07, 6.45) is 2.53. The van der Waals surface area contributed by atoms with Crippen molar-refractivity contribution in [2.24, 2.45) is 0 Å². The summed E-state index contributed by atoms with van der Waals surface area (Å²) in [5.41, 5.74) is 0. The zero-order valence-corrected chi connectivity index (χ0v) is 12.8. The van der Waals surface area contributed by atoms with E-state index in [2.05, 4.69) is 22.4 Å². The van der Waals surface area contributed by atoms with Crippen molar-refractivity contribution >= 4 is 17.2 Å². The fraction of sp³-hybridized carbons (Fsp3) is 0.667. The van der Waals surface area contributed by atoms with Crippen molar-refractivity contribution < 1.29 is 9.53 Å². The first-order valence-electron chi connectivity index (χ1n) is 7.41. The highest BCUT2D eigenvalue weighted by atomic mass is 32.1. The van der Waals surface area contributed by atoms with E-state index in [-0.39, 0.29) is 12.0 Å². The molecule has 3 heterocycles. The topological polar surface area (TPSA) is 32.8 Å². The number of nitrogens with zero attached hydrogens (tertiary/aromatic N) is 2. The lowest BCUT2D eigenvalue weighted by Gasteiger charge is -2.33. The average molecular weight is 294 g/mol. The Hall–Kier alpha value is -0.910. The van der Waals surface area contributed by atoms with E-state index in [1.54, 1.807) is 11.3 Å². The van der Waals surface area contributed by atoms with Gasteiger partial charge in [0.2, 0.25) is 5.91 Å². The van der Waals surface area contributed by atoms with E-state index in [1.807, 2.05) is 11.8 Å². The van der Waals surface area contributed by atoms with Gasteiger partial charge in [-0.05, 0) is 37.8 Å². The van der Waals surface area contributed by atoms with Crippen LogP contribution in [0.1, 0.15) is 30.7 Å². The van der Waals surface area contributed by atoms with Crippen LogP contribution in [0.25, 0.3) is 0 Å². The maximum absolute atomic E-state index is 12.4. The standard InChI is InChI=1S/C15H22N2O2S/c1-12-10-17(7-8-19-12)15(18)11-16-6-2-4-13(16)14-5-3-9-20-14/h3,5,9,12-13H,2,4,6-8,10-11H2,1H3. The molecule has 2 unspecified atom stereocenters. The highest BCUT2D eigenvalue weighted by molar-refractivity contribution is 7.10. The third-order valence-corrected chi connectivity index (χ3v) is 5.14. The van der Waals surface area contributed by atoms with Crippen LogP contribution >= 0.6 is 11.3 Å². The molecule has 2 saturated heterocycles. The Balaban J connectivity index is 1.60. The monoisotopic (exact) mass is 294 g/mol. The summed E-state index contributed by atoms with van der Waals surface area (Å²) in [7, 11) is 0. The molecule has 0 spiro atoms. The van der Waals surface area contributed by atoms with E-state index in [0.29, 0.717) is 19.2 Å². The maximum Gasteiger partial charge on any atom is 0.236 e. The SMILES string of the molecule is CC1CN(C(=O)CN2CCCC2c2cccs2)CCO1. The van der Waals surface area contributed by atoms with Gasteiger partial charge in [0, 0.05) is 24.0 Å². The maximum atomic E-state index is 12.4. The molecule has 0 radical (unpaired) electrons. The number of carbonyl (C=O) groups excluding carboxylic acids is 1. The van der Waals surface area contributed by atoms with Crippen LogP contribution in [-0.4, -0.2) is 54.6 Å². The lowest BCUT2D eigenvalue weighted by atomic mass is 10.2. The van der Waals surface area contributed by atoms with Gasteiger partial charge in [0.05, 0.1) is 19.3 Å². The predicted molar refractivity (Wildman–Crippen MR) is 79.9 cm³/mol. The minimum atomic E-state index is 0.166. The van der Waals surface area contributed by atoms with Crippen LogP contribution in [0, 0.1) is 0 Å². The number of hydrogen-bond donors (Lipinski definition) is 0. The van der Waals surface area contributed by atoms with Crippen LogP contribution in [0.15, 0.2) is 17.5 Å². The molecule has 1 aromatic heterocycles. The number of likely N-dealkylation sites (tertiary alicyclic amines) is 1. The number of rotatable bonds is 3. The Morgan fingerprint density at radius 1 is 1.50 bits per heavy atom. The molecule has 0 bridgehead atoms. The van der Waals surface area contributed by atoms with E-state index >= 15 is 0 Å². The third-order valence-electron chi connectivity index (χ3n) is 4.17. The first kappa shape index (κ1) is 14.0. The molecule has 2 atom stereocenters. The largest absolute Gasteiger partial charge is 0.375 e. The third kappa shape index (κ3) is 3.05. The van der Waals surface area contributed by atoms with Gasteiger partial charge in [0.1, 0.15) is 0 Å². The highest BCUT2D eigenvalue weighted by Crippen LogP contribution is 2.34. The predicted octanol–water partition coefficient (Wildman–Crippen LogP) is 2.13. The van der Waals surface area contributed by atoms with Crippen molar-refractivity contribution in [2.45, 2.75) is 31.9 Å². The minimum Gasteiger partial charge on any atom is -0.375 e. The van der Waals surface area contributed by atoms with Crippen molar-refractivity contribution in [1.82, 2.24) is 9.80 Å². The van der Waals surface area contributed by atoms with Crippen LogP contribution in [0.2, 0.25) is 0 Å². The molecule has 4 nitrogen and oxygen atoms in total. The van der Waals surface area contributed by atoms with Crippen molar-refractivity contribution in [1.29, 1.82) is 0 Å². The van der Waals surface area contributed by atoms with Gasteiger partial charge >= 0.3 is 0 Å². The first-order valence-corrected chi connectivity index (χ1v) is 8.29. The summed E-state index contributed by atoms with van der Waals surface area (Å²) in [5, 5.41) is 2.12. The lowest BCUT2D eigenvalue weighted by molar-refractivity contribution is -0.139. The van der Waals surface area contributed by atoms with Crippen LogP contribution in [0.5, 0.6) is 0 Å². The molecule has 2 aliphatic rings. The van der Waals surface area contributed by atoms with Crippen LogP contribution in [0.4, 0.5) is 0 Å². The average Bonchev–Trinajstić information content (AvgIpc) is 3.08. The molecule has 2 fully saturated rings. The van der Waals surface area contributed by atoms with Crippen LogP contribution in [-0.2, 0) is 9.53 Å². The Labute approximate surface area is 124 Å². The van der Waals surface area contributed by atoms with Crippen LogP contribution < -0.4 is 0 Å². The van der Waals surface area contributed by atoms with Crippen molar-refractivity contribution in [3.8, 4) is 0 Å². The zero-order valence-electron chi connectivity index (χ0n) is 12.0. The molecule has 1 amide bonds. The normalized spacial score (nSPS) is 27.9. The Bertz CT molecular complexity index is 449. The van der Waals surface area contributed by atoms with Gasteiger partial charge in [-0.15, -0.1) is 11.3 Å². The van der Waals surface area contributed by atoms with Gasteiger partial charge < -0.3 is 9.64 Å². The van der Waals surface area contributed by atoms with Crippen molar-refractivity contribution in [2.75, 3.05) is 32.8 Å². The second-order valence-electron chi connectivity index (χ2n) is 5.67. The molecule has 110 valence electrons. The van der Waals surface area contributed by atoms with Crippen molar-refractivity contribution in [3.63, 3.8) is 0 Å². The fourth-order valence-corrected chi connectivity index (χ4v) is 4.03. The first-order chi connectivity index (χ1) is 9.74. The lowest BCUT2D eigenvalue weighted by Crippen LogP contribution is -2.48. The summed E-state index contributed by atoms with van der Waals surface area (Å²) in [6, 6.07) is 4.73. The molecule has 1 aromatic rings. The Morgan fingerprint density at radius 2 is 2.40 bits per heavy atom. The number of ether oxygens (including phenoxy) is 1. The number of thiophene rings is 1. The number of carbonyl (C=O) groups is 1. The Morgan fingerprint density at radius 3 is 3.15 bits per heavy atom. The quantitative estimate of drug-likeness (QED) is 0.856. The number of amides is 1. The van der Waals surface area contributed by atoms with E-state index in [0.717, 1.165) is 19.6 Å². The van der Waals surface area contributed by atoms with Gasteiger partial charge in [-0.3, -0.25) is 9.69 Å². The molecular formula is C15H22N2O2S. The highest BCUT2D eigenvalue weighted by Gasteiger charge is 2.30. The summed E-state index contributed by atoms with van der Waals surface area (Å²) < 4.78 is 5.50. The number of hydrogen-bond acceptors (Lipinski definition) is 4. The van der Waals surface area contributed by atoms with Crippen LogP contribution in [0.3, 0.4) is 0 Å². The molecule has 0 saturated carbocycles. The molecule has 0 N–H and O–H groups in total. The van der Waals surface area contributed by atoms with Gasteiger partial charge in [-0.1, -0.05) is 6.07 Å². The summed E-state index contributed by atoms with van der Waals surface area (Å²) in [4.78, 5) is 18.1. The molecular weight excluding hydrogens is 272 g/mol. The summed E-state index contributed by atoms with van der Waals surface area (Å²) in [5.74, 6) is 0.253.